The molecule has 4 unspecified atom stereocenters. The zero-order valence-electron chi connectivity index (χ0n) is 18.5. The molecule has 0 saturated heterocycles. The third-order valence-corrected chi connectivity index (χ3v) is 4.69. The molecule has 0 radical (unpaired) electrons. The van der Waals surface area contributed by atoms with E-state index in [2.05, 4.69) is 16.0 Å². The van der Waals surface area contributed by atoms with E-state index < -0.39 is 79.0 Å². The lowest BCUT2D eigenvalue weighted by Crippen LogP contribution is -2.57. The molecule has 4 atom stereocenters. The van der Waals surface area contributed by atoms with Crippen molar-refractivity contribution >= 4 is 35.6 Å². The maximum Gasteiger partial charge on any atom is 0.326 e. The summed E-state index contributed by atoms with van der Waals surface area (Å²) in [7, 11) is 0. The average Bonchev–Trinajstić information content (AvgIpc) is 2.75. The molecule has 0 aromatic heterocycles. The van der Waals surface area contributed by atoms with Crippen LogP contribution in [0.15, 0.2) is 30.3 Å². The third-order valence-electron chi connectivity index (χ3n) is 4.69. The van der Waals surface area contributed by atoms with Crippen molar-refractivity contribution in [3.63, 3.8) is 0 Å². The number of hydrogen-bond acceptors (Lipinski definition) is 7. The van der Waals surface area contributed by atoms with Crippen molar-refractivity contribution in [2.24, 2.45) is 11.5 Å². The molecule has 1 aromatic carbocycles. The normalized spacial score (nSPS) is 14.1. The Hall–Kier alpha value is -4.00. The van der Waals surface area contributed by atoms with Gasteiger partial charge >= 0.3 is 11.9 Å². The van der Waals surface area contributed by atoms with Gasteiger partial charge in [-0.05, 0) is 25.3 Å². The van der Waals surface area contributed by atoms with E-state index in [1.165, 1.54) is 6.92 Å². The van der Waals surface area contributed by atoms with Gasteiger partial charge < -0.3 is 37.6 Å². The first kappa shape index (κ1) is 28.0. The van der Waals surface area contributed by atoms with Crippen molar-refractivity contribution in [2.75, 3.05) is 0 Å². The molecule has 34 heavy (non-hydrogen) atoms. The lowest BCUT2D eigenvalue weighted by atomic mass is 10.1. The summed E-state index contributed by atoms with van der Waals surface area (Å²) in [5.41, 5.74) is 11.8. The molecule has 0 bridgehead atoms. The van der Waals surface area contributed by atoms with Gasteiger partial charge in [0, 0.05) is 6.42 Å². The summed E-state index contributed by atoms with van der Waals surface area (Å²) in [6.45, 7) is 1.33. The molecular formula is C21H29N5O8. The zero-order valence-corrected chi connectivity index (χ0v) is 18.5. The van der Waals surface area contributed by atoms with Gasteiger partial charge in [-0.2, -0.15) is 0 Å². The highest BCUT2D eigenvalue weighted by Gasteiger charge is 2.30. The highest BCUT2D eigenvalue weighted by atomic mass is 16.4. The third kappa shape index (κ3) is 10.1. The van der Waals surface area contributed by atoms with Gasteiger partial charge in [-0.1, -0.05) is 30.3 Å². The number of aliphatic carboxylic acids is 2. The van der Waals surface area contributed by atoms with E-state index in [-0.39, 0.29) is 6.42 Å². The predicted octanol–water partition coefficient (Wildman–Crippen LogP) is -2.14. The molecule has 0 spiro atoms. The first-order valence-electron chi connectivity index (χ1n) is 10.3. The Morgan fingerprint density at radius 3 is 2.00 bits per heavy atom. The van der Waals surface area contributed by atoms with E-state index in [0.717, 1.165) is 5.56 Å². The zero-order chi connectivity index (χ0) is 25.8. The van der Waals surface area contributed by atoms with Crippen molar-refractivity contribution in [1.82, 2.24) is 16.0 Å². The molecule has 0 fully saturated rings. The minimum absolute atomic E-state index is 0.223. The average molecular weight is 479 g/mol. The number of carbonyl (C=O) groups is 6. The van der Waals surface area contributed by atoms with Gasteiger partial charge in [-0.25, -0.2) is 4.79 Å². The Morgan fingerprint density at radius 2 is 1.47 bits per heavy atom. The molecule has 1 rings (SSSR count). The van der Waals surface area contributed by atoms with Crippen LogP contribution in [0, 0.1) is 0 Å². The van der Waals surface area contributed by atoms with Crippen molar-refractivity contribution in [3.05, 3.63) is 35.9 Å². The maximum absolute atomic E-state index is 12.5. The van der Waals surface area contributed by atoms with Crippen LogP contribution in [-0.2, 0) is 35.2 Å². The number of nitrogens with one attached hydrogen (secondary N) is 3. The van der Waals surface area contributed by atoms with Gasteiger partial charge in [-0.3, -0.25) is 24.0 Å². The first-order valence-corrected chi connectivity index (χ1v) is 10.3. The number of carboxylic acids is 2. The quantitative estimate of drug-likeness (QED) is 0.154. The van der Waals surface area contributed by atoms with E-state index >= 15 is 0 Å². The van der Waals surface area contributed by atoms with E-state index in [9.17, 15) is 33.9 Å². The number of hydrogen-bond donors (Lipinski definition) is 7. The predicted molar refractivity (Wildman–Crippen MR) is 118 cm³/mol. The molecule has 0 aliphatic rings. The van der Waals surface area contributed by atoms with Crippen LogP contribution in [0.5, 0.6) is 0 Å². The Kier molecular flexibility index (Phi) is 11.2. The summed E-state index contributed by atoms with van der Waals surface area (Å²) in [4.78, 5) is 70.6. The summed E-state index contributed by atoms with van der Waals surface area (Å²) in [5.74, 6) is -6.24. The fourth-order valence-electron chi connectivity index (χ4n) is 2.85. The van der Waals surface area contributed by atoms with E-state index in [1.54, 1.807) is 24.3 Å². The van der Waals surface area contributed by atoms with Crippen molar-refractivity contribution in [2.45, 2.75) is 56.8 Å². The number of primary amides is 1. The molecule has 9 N–H and O–H groups in total. The van der Waals surface area contributed by atoms with Gasteiger partial charge in [0.15, 0.2) is 0 Å². The van der Waals surface area contributed by atoms with Crippen LogP contribution < -0.4 is 27.4 Å². The molecule has 0 heterocycles. The lowest BCUT2D eigenvalue weighted by molar-refractivity contribution is -0.143. The molecule has 0 saturated carbocycles. The number of nitrogens with two attached hydrogens (primary N) is 2. The summed E-state index contributed by atoms with van der Waals surface area (Å²) in [5, 5.41) is 24.6. The largest absolute Gasteiger partial charge is 0.481 e. The van der Waals surface area contributed by atoms with Gasteiger partial charge in [0.25, 0.3) is 0 Å². The summed E-state index contributed by atoms with van der Waals surface area (Å²) in [6.07, 6.45) is -1.38. The van der Waals surface area contributed by atoms with E-state index in [4.69, 9.17) is 16.6 Å². The molecule has 4 amide bonds. The minimum Gasteiger partial charge on any atom is -0.481 e. The molecule has 0 aliphatic heterocycles. The Balaban J connectivity index is 2.76. The Bertz CT molecular complexity index is 908. The lowest BCUT2D eigenvalue weighted by Gasteiger charge is -2.23. The van der Waals surface area contributed by atoms with Crippen LogP contribution in [0.25, 0.3) is 0 Å². The van der Waals surface area contributed by atoms with Crippen molar-refractivity contribution in [1.29, 1.82) is 0 Å². The molecular weight excluding hydrogens is 450 g/mol. The van der Waals surface area contributed by atoms with Gasteiger partial charge in [-0.15, -0.1) is 0 Å². The van der Waals surface area contributed by atoms with E-state index in [1.807, 2.05) is 6.07 Å². The summed E-state index contributed by atoms with van der Waals surface area (Å²) < 4.78 is 0. The number of carboxylic acid groups (broad SMARTS) is 2. The second kappa shape index (κ2) is 13.5. The summed E-state index contributed by atoms with van der Waals surface area (Å²) >= 11 is 0. The van der Waals surface area contributed by atoms with Crippen LogP contribution >= 0.6 is 0 Å². The number of benzene rings is 1. The van der Waals surface area contributed by atoms with Crippen LogP contribution in [-0.4, -0.2) is 69.9 Å². The minimum atomic E-state index is -1.57. The van der Waals surface area contributed by atoms with Crippen LogP contribution in [0.4, 0.5) is 0 Å². The molecule has 13 nitrogen and oxygen atoms in total. The molecule has 13 heteroatoms. The standard InChI is InChI=1S/C21H29N5O8/c1-11(24-19(31)13(22)9-12-5-3-2-4-6-12)18(30)26-15(10-16(23)27)20(32)25-14(21(33)34)7-8-17(28)29/h2-6,11,13-15H,7-10,22H2,1H3,(H2,23,27)(H,24,31)(H,25,32)(H,26,30)(H,28,29)(H,33,34). The van der Waals surface area contributed by atoms with Crippen LogP contribution in [0.1, 0.15) is 31.7 Å². The van der Waals surface area contributed by atoms with Crippen LogP contribution in [0.3, 0.4) is 0 Å². The summed E-state index contributed by atoms with van der Waals surface area (Å²) in [6, 6.07) is 3.75. The fourth-order valence-corrected chi connectivity index (χ4v) is 2.85. The number of carbonyl (C=O) groups excluding carboxylic acids is 4. The highest BCUT2D eigenvalue weighted by Crippen LogP contribution is 2.03. The van der Waals surface area contributed by atoms with Gasteiger partial charge in [0.1, 0.15) is 18.1 Å². The van der Waals surface area contributed by atoms with Crippen molar-refractivity contribution in [3.8, 4) is 0 Å². The highest BCUT2D eigenvalue weighted by molar-refractivity contribution is 5.96. The Labute approximate surface area is 195 Å². The second-order valence-corrected chi connectivity index (χ2v) is 7.59. The smallest absolute Gasteiger partial charge is 0.326 e. The van der Waals surface area contributed by atoms with Gasteiger partial charge in [0.05, 0.1) is 12.5 Å². The Morgan fingerprint density at radius 1 is 0.882 bits per heavy atom. The molecule has 1 aromatic rings. The number of rotatable bonds is 14. The van der Waals surface area contributed by atoms with Gasteiger partial charge in [0.2, 0.25) is 23.6 Å². The monoisotopic (exact) mass is 479 g/mol. The number of amides is 4. The van der Waals surface area contributed by atoms with E-state index in [0.29, 0.717) is 0 Å². The second-order valence-electron chi connectivity index (χ2n) is 7.59. The van der Waals surface area contributed by atoms with Crippen LogP contribution in [0.2, 0.25) is 0 Å². The first-order chi connectivity index (χ1) is 15.9. The molecule has 0 aliphatic carbocycles. The SMILES string of the molecule is CC(NC(=O)C(N)Cc1ccccc1)C(=O)NC(CC(N)=O)C(=O)NC(CCC(=O)O)C(=O)O. The molecule has 186 valence electrons. The maximum atomic E-state index is 12.5. The topological polar surface area (TPSA) is 231 Å². The van der Waals surface area contributed by atoms with Crippen molar-refractivity contribution < 1.29 is 39.0 Å². The fraction of sp³-hybridized carbons (Fsp3) is 0.429.